The van der Waals surface area contributed by atoms with Gasteiger partial charge in [-0.05, 0) is 38.1 Å². The van der Waals surface area contributed by atoms with E-state index >= 15 is 0 Å². The van der Waals surface area contributed by atoms with Crippen LogP contribution < -0.4 is 10.1 Å². The average molecular weight is 445 g/mol. The van der Waals surface area contributed by atoms with Gasteiger partial charge in [0, 0.05) is 11.6 Å². The van der Waals surface area contributed by atoms with Gasteiger partial charge in [0.05, 0.1) is 5.02 Å². The maximum absolute atomic E-state index is 6.15. The highest BCUT2D eigenvalue weighted by Gasteiger charge is 2.07. The van der Waals surface area contributed by atoms with Crippen LogP contribution in [0, 0.1) is 0 Å². The van der Waals surface area contributed by atoms with E-state index in [4.69, 9.17) is 27.9 Å². The smallest absolute Gasteiger partial charge is 0.138 e. The number of hydrogen-bond acceptors (Lipinski definition) is 2. The molecular weight excluding hydrogens is 401 g/mol. The molecule has 0 heterocycles. The number of benzene rings is 1. The van der Waals surface area contributed by atoms with Gasteiger partial charge in [0.2, 0.25) is 0 Å². The molecule has 1 atom stereocenters. The van der Waals surface area contributed by atoms with Crippen molar-refractivity contribution >= 4 is 23.2 Å². The molecule has 0 saturated carbocycles. The molecule has 1 aromatic rings. The molecule has 29 heavy (non-hydrogen) atoms. The molecule has 0 saturated heterocycles. The van der Waals surface area contributed by atoms with Crippen LogP contribution >= 0.6 is 23.2 Å². The Bertz CT molecular complexity index is 510. The normalized spacial score (nSPS) is 12.3. The summed E-state index contributed by atoms with van der Waals surface area (Å²) in [5.74, 6) is 0.696. The van der Waals surface area contributed by atoms with Crippen molar-refractivity contribution in [2.24, 2.45) is 0 Å². The zero-order valence-electron chi connectivity index (χ0n) is 18.8. The predicted octanol–water partition coefficient (Wildman–Crippen LogP) is 8.83. The van der Waals surface area contributed by atoms with Crippen LogP contribution in [0.25, 0.3) is 0 Å². The van der Waals surface area contributed by atoms with Crippen molar-refractivity contribution in [3.05, 3.63) is 28.2 Å². The Balaban J connectivity index is 1.84. The highest BCUT2D eigenvalue weighted by Crippen LogP contribution is 2.28. The second kappa shape index (κ2) is 18.3. The van der Waals surface area contributed by atoms with Crippen LogP contribution in [0.4, 0.5) is 0 Å². The quantitative estimate of drug-likeness (QED) is 0.215. The molecule has 0 aliphatic rings. The summed E-state index contributed by atoms with van der Waals surface area (Å²) in [4.78, 5) is 0. The number of ether oxygens (including phenoxy) is 1. The molecule has 1 unspecified atom stereocenters. The summed E-state index contributed by atoms with van der Waals surface area (Å²) in [6, 6.07) is 5.35. The molecular formula is C25H43Cl2NO. The van der Waals surface area contributed by atoms with Crippen molar-refractivity contribution in [1.82, 2.24) is 5.32 Å². The van der Waals surface area contributed by atoms with Gasteiger partial charge in [-0.3, -0.25) is 0 Å². The number of rotatable bonds is 19. The van der Waals surface area contributed by atoms with Gasteiger partial charge in [0.25, 0.3) is 0 Å². The highest BCUT2D eigenvalue weighted by molar-refractivity contribution is 6.35. The van der Waals surface area contributed by atoms with Crippen molar-refractivity contribution in [2.45, 2.75) is 110 Å². The molecule has 0 amide bonds. The third-order valence-electron chi connectivity index (χ3n) is 5.36. The standard InChI is InChI=1S/C25H43Cl2NO/c1-3-4-5-6-7-8-9-10-11-12-13-14-15-16-19-28-21-22(2)29-25-18-17-23(26)20-24(25)27/h17-18,20,22,28H,3-16,19,21H2,1-2H3. The maximum atomic E-state index is 6.15. The third-order valence-corrected chi connectivity index (χ3v) is 5.89. The van der Waals surface area contributed by atoms with E-state index in [-0.39, 0.29) is 6.10 Å². The Morgan fingerprint density at radius 2 is 1.31 bits per heavy atom. The predicted molar refractivity (Wildman–Crippen MR) is 130 cm³/mol. The van der Waals surface area contributed by atoms with Gasteiger partial charge in [0.15, 0.2) is 0 Å². The minimum atomic E-state index is 0.0836. The molecule has 0 spiro atoms. The first kappa shape index (κ1) is 26.6. The van der Waals surface area contributed by atoms with E-state index in [1.807, 2.05) is 6.07 Å². The van der Waals surface area contributed by atoms with Crippen molar-refractivity contribution in [3.63, 3.8) is 0 Å². The lowest BCUT2D eigenvalue weighted by Crippen LogP contribution is -2.29. The fraction of sp³-hybridized carbons (Fsp3) is 0.760. The van der Waals surface area contributed by atoms with E-state index in [1.165, 1.54) is 89.9 Å². The third kappa shape index (κ3) is 15.1. The van der Waals surface area contributed by atoms with Crippen LogP contribution in [-0.2, 0) is 0 Å². The minimum Gasteiger partial charge on any atom is -0.488 e. The van der Waals surface area contributed by atoms with E-state index in [0.29, 0.717) is 15.8 Å². The first-order valence-electron chi connectivity index (χ1n) is 12.0. The van der Waals surface area contributed by atoms with Crippen LogP contribution in [-0.4, -0.2) is 19.2 Å². The summed E-state index contributed by atoms with van der Waals surface area (Å²) in [6.07, 6.45) is 19.7. The second-order valence-electron chi connectivity index (χ2n) is 8.30. The topological polar surface area (TPSA) is 21.3 Å². The fourth-order valence-corrected chi connectivity index (χ4v) is 4.03. The van der Waals surface area contributed by atoms with Crippen LogP contribution in [0.1, 0.15) is 104 Å². The van der Waals surface area contributed by atoms with E-state index in [2.05, 4.69) is 19.2 Å². The summed E-state index contributed by atoms with van der Waals surface area (Å²) in [7, 11) is 0. The summed E-state index contributed by atoms with van der Waals surface area (Å²) in [5.41, 5.74) is 0. The Morgan fingerprint density at radius 3 is 1.83 bits per heavy atom. The summed E-state index contributed by atoms with van der Waals surface area (Å²) in [6.45, 7) is 6.23. The molecule has 4 heteroatoms. The number of halogens is 2. The molecule has 0 aromatic heterocycles. The van der Waals surface area contributed by atoms with Crippen molar-refractivity contribution in [2.75, 3.05) is 13.1 Å². The molecule has 1 rings (SSSR count). The van der Waals surface area contributed by atoms with Crippen LogP contribution in [0.2, 0.25) is 10.0 Å². The highest BCUT2D eigenvalue weighted by atomic mass is 35.5. The first-order valence-corrected chi connectivity index (χ1v) is 12.7. The molecule has 0 aliphatic carbocycles. The molecule has 168 valence electrons. The van der Waals surface area contributed by atoms with E-state index in [0.717, 1.165) is 13.1 Å². The van der Waals surface area contributed by atoms with Crippen LogP contribution in [0.3, 0.4) is 0 Å². The van der Waals surface area contributed by atoms with Gasteiger partial charge in [-0.1, -0.05) is 114 Å². The molecule has 0 fully saturated rings. The summed E-state index contributed by atoms with van der Waals surface area (Å²) >= 11 is 12.1. The lowest BCUT2D eigenvalue weighted by atomic mass is 10.0. The largest absolute Gasteiger partial charge is 0.488 e. The molecule has 0 radical (unpaired) electrons. The zero-order valence-corrected chi connectivity index (χ0v) is 20.3. The van der Waals surface area contributed by atoms with Crippen molar-refractivity contribution in [3.8, 4) is 5.75 Å². The van der Waals surface area contributed by atoms with Gasteiger partial charge in [-0.25, -0.2) is 0 Å². The number of hydrogen-bond donors (Lipinski definition) is 1. The van der Waals surface area contributed by atoms with Gasteiger partial charge in [-0.15, -0.1) is 0 Å². The SMILES string of the molecule is CCCCCCCCCCCCCCCCNCC(C)Oc1ccc(Cl)cc1Cl. The van der Waals surface area contributed by atoms with Gasteiger partial charge >= 0.3 is 0 Å². The fourth-order valence-electron chi connectivity index (χ4n) is 3.58. The second-order valence-corrected chi connectivity index (χ2v) is 9.15. The van der Waals surface area contributed by atoms with Crippen LogP contribution in [0.15, 0.2) is 18.2 Å². The van der Waals surface area contributed by atoms with E-state index in [1.54, 1.807) is 12.1 Å². The lowest BCUT2D eigenvalue weighted by molar-refractivity contribution is 0.217. The Kier molecular flexibility index (Phi) is 16.8. The Hall–Kier alpha value is -0.440. The van der Waals surface area contributed by atoms with Crippen molar-refractivity contribution in [1.29, 1.82) is 0 Å². The number of unbranched alkanes of at least 4 members (excludes halogenated alkanes) is 13. The lowest BCUT2D eigenvalue weighted by Gasteiger charge is -2.16. The van der Waals surface area contributed by atoms with Gasteiger partial charge in [-0.2, -0.15) is 0 Å². The van der Waals surface area contributed by atoms with Crippen LogP contribution in [0.5, 0.6) is 5.75 Å². The molecule has 1 aromatic carbocycles. The van der Waals surface area contributed by atoms with E-state index < -0.39 is 0 Å². The molecule has 2 nitrogen and oxygen atoms in total. The molecule has 1 N–H and O–H groups in total. The Labute approximate surface area is 190 Å². The van der Waals surface area contributed by atoms with Gasteiger partial charge in [0.1, 0.15) is 11.9 Å². The Morgan fingerprint density at radius 1 is 0.793 bits per heavy atom. The minimum absolute atomic E-state index is 0.0836. The average Bonchev–Trinajstić information content (AvgIpc) is 2.70. The van der Waals surface area contributed by atoms with Gasteiger partial charge < -0.3 is 10.1 Å². The summed E-state index contributed by atoms with van der Waals surface area (Å²) in [5, 5.41) is 4.68. The molecule has 0 aliphatic heterocycles. The monoisotopic (exact) mass is 443 g/mol. The first-order chi connectivity index (χ1) is 14.1. The van der Waals surface area contributed by atoms with Crippen molar-refractivity contribution < 1.29 is 4.74 Å². The maximum Gasteiger partial charge on any atom is 0.138 e. The number of nitrogens with one attached hydrogen (secondary N) is 1. The summed E-state index contributed by atoms with van der Waals surface area (Å²) < 4.78 is 5.87. The molecule has 0 bridgehead atoms. The van der Waals surface area contributed by atoms with E-state index in [9.17, 15) is 0 Å². The zero-order chi connectivity index (χ0) is 21.2.